The van der Waals surface area contributed by atoms with Gasteiger partial charge >= 0.3 is 0 Å². The van der Waals surface area contributed by atoms with Gasteiger partial charge < -0.3 is 5.32 Å². The Morgan fingerprint density at radius 2 is 1.71 bits per heavy atom. The predicted octanol–water partition coefficient (Wildman–Crippen LogP) is 2.94. The van der Waals surface area contributed by atoms with E-state index in [-0.39, 0.29) is 17.7 Å². The summed E-state index contributed by atoms with van der Waals surface area (Å²) in [5.74, 6) is -0.101. The third kappa shape index (κ3) is 2.84. The zero-order valence-corrected chi connectivity index (χ0v) is 14.6. The standard InChI is InChI=1S/C16H21BrN2O2/c1-8(2)14-15(20)18-11(5)16(21)19(14)12-6-9(3)13(17)10(4)7-12/h6-8,11,14H,1-5H3,(H,18,20). The SMILES string of the molecule is Cc1cc(N2C(=O)C(C)NC(=O)C2C(C)C)cc(C)c1Br. The molecule has 1 aromatic carbocycles. The van der Waals surface area contributed by atoms with Gasteiger partial charge in [-0.1, -0.05) is 29.8 Å². The number of benzene rings is 1. The Morgan fingerprint density at radius 3 is 2.19 bits per heavy atom. The number of nitrogens with one attached hydrogen (secondary N) is 1. The summed E-state index contributed by atoms with van der Waals surface area (Å²) < 4.78 is 1.04. The van der Waals surface area contributed by atoms with E-state index in [0.717, 1.165) is 21.3 Å². The molecular formula is C16H21BrN2O2. The van der Waals surface area contributed by atoms with Crippen molar-refractivity contribution in [1.82, 2.24) is 5.32 Å². The van der Waals surface area contributed by atoms with Gasteiger partial charge in [0.15, 0.2) is 0 Å². The summed E-state index contributed by atoms with van der Waals surface area (Å²) >= 11 is 3.54. The van der Waals surface area contributed by atoms with E-state index < -0.39 is 12.1 Å². The van der Waals surface area contributed by atoms with Crippen LogP contribution in [0.3, 0.4) is 0 Å². The normalized spacial score (nSPS) is 22.7. The first-order valence-electron chi connectivity index (χ1n) is 7.14. The van der Waals surface area contributed by atoms with Crippen LogP contribution in [0.25, 0.3) is 0 Å². The maximum absolute atomic E-state index is 12.6. The van der Waals surface area contributed by atoms with Gasteiger partial charge in [-0.25, -0.2) is 0 Å². The highest BCUT2D eigenvalue weighted by atomic mass is 79.9. The van der Waals surface area contributed by atoms with Crippen LogP contribution in [0.1, 0.15) is 31.9 Å². The van der Waals surface area contributed by atoms with E-state index in [4.69, 9.17) is 0 Å². The fraction of sp³-hybridized carbons (Fsp3) is 0.500. The average Bonchev–Trinajstić information content (AvgIpc) is 2.38. The van der Waals surface area contributed by atoms with Crippen molar-refractivity contribution in [1.29, 1.82) is 0 Å². The number of hydrogen-bond donors (Lipinski definition) is 1. The predicted molar refractivity (Wildman–Crippen MR) is 87.3 cm³/mol. The van der Waals surface area contributed by atoms with Crippen LogP contribution in [0.4, 0.5) is 5.69 Å². The lowest BCUT2D eigenvalue weighted by atomic mass is 9.96. The van der Waals surface area contributed by atoms with Crippen molar-refractivity contribution >= 4 is 33.4 Å². The van der Waals surface area contributed by atoms with Gasteiger partial charge in [0.2, 0.25) is 11.8 Å². The molecule has 1 fully saturated rings. The maximum Gasteiger partial charge on any atom is 0.250 e. The van der Waals surface area contributed by atoms with Gasteiger partial charge in [0, 0.05) is 10.2 Å². The third-order valence-corrected chi connectivity index (χ3v) is 5.10. The van der Waals surface area contributed by atoms with Crippen molar-refractivity contribution in [3.8, 4) is 0 Å². The highest BCUT2D eigenvalue weighted by molar-refractivity contribution is 9.10. The van der Waals surface area contributed by atoms with Gasteiger partial charge in [-0.15, -0.1) is 0 Å². The molecule has 2 rings (SSSR count). The molecule has 1 aliphatic heterocycles. The zero-order chi connectivity index (χ0) is 15.9. The molecule has 0 saturated carbocycles. The van der Waals surface area contributed by atoms with Crippen LogP contribution >= 0.6 is 15.9 Å². The number of piperazine rings is 1. The third-order valence-electron chi connectivity index (χ3n) is 3.84. The van der Waals surface area contributed by atoms with Gasteiger partial charge in [-0.05, 0) is 49.9 Å². The van der Waals surface area contributed by atoms with E-state index in [1.54, 1.807) is 11.8 Å². The number of carbonyl (C=O) groups excluding carboxylic acids is 2. The molecule has 114 valence electrons. The molecule has 4 nitrogen and oxygen atoms in total. The van der Waals surface area contributed by atoms with Crippen molar-refractivity contribution in [2.24, 2.45) is 5.92 Å². The number of carbonyl (C=O) groups is 2. The largest absolute Gasteiger partial charge is 0.343 e. The quantitative estimate of drug-likeness (QED) is 0.889. The number of nitrogens with zero attached hydrogens (tertiary/aromatic N) is 1. The topological polar surface area (TPSA) is 49.4 Å². The molecule has 0 bridgehead atoms. The Bertz CT molecular complexity index is 575. The minimum atomic E-state index is -0.489. The second-order valence-electron chi connectivity index (χ2n) is 6.02. The molecule has 0 aliphatic carbocycles. The molecular weight excluding hydrogens is 332 g/mol. The van der Waals surface area contributed by atoms with Crippen LogP contribution in [0.5, 0.6) is 0 Å². The number of halogens is 1. The zero-order valence-electron chi connectivity index (χ0n) is 13.0. The molecule has 0 radical (unpaired) electrons. The van der Waals surface area contributed by atoms with Gasteiger partial charge in [-0.3, -0.25) is 14.5 Å². The first-order chi connectivity index (χ1) is 9.73. The molecule has 0 spiro atoms. The van der Waals surface area contributed by atoms with E-state index in [1.807, 2.05) is 39.8 Å². The van der Waals surface area contributed by atoms with E-state index >= 15 is 0 Å². The molecule has 2 atom stereocenters. The summed E-state index contributed by atoms with van der Waals surface area (Å²) in [7, 11) is 0. The lowest BCUT2D eigenvalue weighted by Gasteiger charge is -2.40. The Labute approximate surface area is 134 Å². The van der Waals surface area contributed by atoms with Crippen LogP contribution in [-0.4, -0.2) is 23.9 Å². The Hall–Kier alpha value is -1.36. The number of anilines is 1. The van der Waals surface area contributed by atoms with Crippen LogP contribution in [0.15, 0.2) is 16.6 Å². The molecule has 2 unspecified atom stereocenters. The molecule has 2 amide bonds. The molecule has 5 heteroatoms. The summed E-state index contributed by atoms with van der Waals surface area (Å²) in [6.07, 6.45) is 0. The van der Waals surface area contributed by atoms with Crippen LogP contribution in [0, 0.1) is 19.8 Å². The number of rotatable bonds is 2. The molecule has 0 aromatic heterocycles. The second-order valence-corrected chi connectivity index (χ2v) is 6.81. The fourth-order valence-electron chi connectivity index (χ4n) is 2.77. The summed E-state index contributed by atoms with van der Waals surface area (Å²) in [6.45, 7) is 9.62. The molecule has 1 aromatic rings. The number of aryl methyl sites for hydroxylation is 2. The molecule has 1 heterocycles. The van der Waals surface area contributed by atoms with E-state index in [9.17, 15) is 9.59 Å². The molecule has 21 heavy (non-hydrogen) atoms. The summed E-state index contributed by atoms with van der Waals surface area (Å²) in [5, 5.41) is 2.76. The lowest BCUT2D eigenvalue weighted by molar-refractivity contribution is -0.134. The Morgan fingerprint density at radius 1 is 1.19 bits per heavy atom. The van der Waals surface area contributed by atoms with E-state index in [0.29, 0.717) is 0 Å². The summed E-state index contributed by atoms with van der Waals surface area (Å²) in [6, 6.07) is 2.95. The number of amides is 2. The van der Waals surface area contributed by atoms with Crippen LogP contribution < -0.4 is 10.2 Å². The van der Waals surface area contributed by atoms with Gasteiger partial charge in [-0.2, -0.15) is 0 Å². The van der Waals surface area contributed by atoms with Crippen molar-refractivity contribution in [3.05, 3.63) is 27.7 Å². The second kappa shape index (κ2) is 5.79. The average molecular weight is 353 g/mol. The molecule has 1 aliphatic rings. The van der Waals surface area contributed by atoms with Gasteiger partial charge in [0.1, 0.15) is 12.1 Å². The summed E-state index contributed by atoms with van der Waals surface area (Å²) in [5.41, 5.74) is 2.90. The van der Waals surface area contributed by atoms with Gasteiger partial charge in [0.05, 0.1) is 0 Å². The number of hydrogen-bond acceptors (Lipinski definition) is 2. The highest BCUT2D eigenvalue weighted by Crippen LogP contribution is 2.31. The van der Waals surface area contributed by atoms with E-state index in [2.05, 4.69) is 21.2 Å². The lowest BCUT2D eigenvalue weighted by Crippen LogP contribution is -2.64. The minimum Gasteiger partial charge on any atom is -0.343 e. The molecule has 1 saturated heterocycles. The highest BCUT2D eigenvalue weighted by Gasteiger charge is 2.41. The van der Waals surface area contributed by atoms with Crippen molar-refractivity contribution in [3.63, 3.8) is 0 Å². The monoisotopic (exact) mass is 352 g/mol. The van der Waals surface area contributed by atoms with Gasteiger partial charge in [0.25, 0.3) is 0 Å². The fourth-order valence-corrected chi connectivity index (χ4v) is 3.00. The first-order valence-corrected chi connectivity index (χ1v) is 7.93. The Kier molecular flexibility index (Phi) is 4.42. The summed E-state index contributed by atoms with van der Waals surface area (Å²) in [4.78, 5) is 26.5. The van der Waals surface area contributed by atoms with Crippen molar-refractivity contribution in [2.45, 2.75) is 46.7 Å². The minimum absolute atomic E-state index is 0.0470. The maximum atomic E-state index is 12.6. The Balaban J connectivity index is 2.55. The van der Waals surface area contributed by atoms with Crippen LogP contribution in [-0.2, 0) is 9.59 Å². The van der Waals surface area contributed by atoms with Crippen LogP contribution in [0.2, 0.25) is 0 Å². The van der Waals surface area contributed by atoms with Crippen molar-refractivity contribution < 1.29 is 9.59 Å². The van der Waals surface area contributed by atoms with Crippen molar-refractivity contribution in [2.75, 3.05) is 4.90 Å². The first kappa shape index (κ1) is 16.0. The molecule has 1 N–H and O–H groups in total. The smallest absolute Gasteiger partial charge is 0.250 e. The van der Waals surface area contributed by atoms with E-state index in [1.165, 1.54) is 0 Å².